The maximum atomic E-state index is 10.5. The van der Waals surface area contributed by atoms with Gasteiger partial charge in [-0.05, 0) is 0 Å². The van der Waals surface area contributed by atoms with Crippen LogP contribution in [0, 0.1) is 0 Å². The number of hydrogen-bond acceptors (Lipinski definition) is 4. The fourth-order valence-corrected chi connectivity index (χ4v) is 1.01. The Morgan fingerprint density at radius 2 is 2.20 bits per heavy atom. The van der Waals surface area contributed by atoms with Crippen LogP contribution in [0.5, 0.6) is 0 Å². The quantitative estimate of drug-likeness (QED) is 0.392. The van der Waals surface area contributed by atoms with Crippen LogP contribution in [0.3, 0.4) is 0 Å². The monoisotopic (exact) mass is 144 g/mol. The van der Waals surface area contributed by atoms with E-state index in [2.05, 4.69) is 4.74 Å². The summed E-state index contributed by atoms with van der Waals surface area (Å²) in [6.45, 7) is 1.18. The lowest BCUT2D eigenvalue weighted by molar-refractivity contribution is -0.0315. The highest BCUT2D eigenvalue weighted by atomic mass is 16.7. The van der Waals surface area contributed by atoms with Crippen molar-refractivity contribution < 1.29 is 19.0 Å². The summed E-state index contributed by atoms with van der Waals surface area (Å²) in [4.78, 5) is 10.5. The Balaban J connectivity index is 1.89. The van der Waals surface area contributed by atoms with Gasteiger partial charge in [-0.25, -0.2) is 4.79 Å². The molecule has 0 radical (unpaired) electrons. The molecule has 2 rings (SSSR count). The first-order chi connectivity index (χ1) is 4.86. The van der Waals surface area contributed by atoms with Crippen molar-refractivity contribution in [3.8, 4) is 0 Å². The van der Waals surface area contributed by atoms with Crippen molar-refractivity contribution in [2.24, 2.45) is 0 Å². The molecule has 2 atom stereocenters. The van der Waals surface area contributed by atoms with Crippen molar-refractivity contribution in [3.63, 3.8) is 0 Å². The molecule has 0 N–H and O–H groups in total. The smallest absolute Gasteiger partial charge is 0.434 e. The van der Waals surface area contributed by atoms with Gasteiger partial charge in [-0.1, -0.05) is 0 Å². The zero-order valence-electron chi connectivity index (χ0n) is 5.41. The Labute approximate surface area is 58.1 Å². The van der Waals surface area contributed by atoms with E-state index in [1.165, 1.54) is 0 Å². The molecule has 0 aromatic heterocycles. The molecule has 2 fully saturated rings. The van der Waals surface area contributed by atoms with E-state index in [-0.39, 0.29) is 12.2 Å². The maximum Gasteiger partial charge on any atom is 0.508 e. The molecular weight excluding hydrogens is 136 g/mol. The average molecular weight is 144 g/mol. The Morgan fingerprint density at radius 3 is 2.80 bits per heavy atom. The van der Waals surface area contributed by atoms with Crippen LogP contribution in [0.15, 0.2) is 0 Å². The minimum Gasteiger partial charge on any atom is -0.434 e. The van der Waals surface area contributed by atoms with Gasteiger partial charge in [-0.3, -0.25) is 0 Å². The number of carbonyl (C=O) groups is 1. The van der Waals surface area contributed by atoms with E-state index in [1.807, 2.05) is 0 Å². The van der Waals surface area contributed by atoms with Crippen LogP contribution in [0.1, 0.15) is 6.42 Å². The Hall–Kier alpha value is -0.770. The summed E-state index contributed by atoms with van der Waals surface area (Å²) < 4.78 is 14.4. The number of epoxide rings is 1. The lowest BCUT2D eigenvalue weighted by atomic mass is 10.2. The van der Waals surface area contributed by atoms with E-state index in [1.54, 1.807) is 0 Å². The highest BCUT2D eigenvalue weighted by molar-refractivity contribution is 5.60. The molecule has 4 heteroatoms. The first kappa shape index (κ1) is 5.97. The van der Waals surface area contributed by atoms with E-state index in [9.17, 15) is 4.79 Å². The van der Waals surface area contributed by atoms with Crippen molar-refractivity contribution >= 4 is 6.16 Å². The van der Waals surface area contributed by atoms with Gasteiger partial charge in [0.25, 0.3) is 0 Å². The molecule has 56 valence electrons. The van der Waals surface area contributed by atoms with Crippen LogP contribution in [0.25, 0.3) is 0 Å². The Kier molecular flexibility index (Phi) is 1.27. The zero-order valence-corrected chi connectivity index (χ0v) is 5.41. The van der Waals surface area contributed by atoms with Crippen molar-refractivity contribution in [1.82, 2.24) is 0 Å². The molecule has 2 saturated heterocycles. The summed E-state index contributed by atoms with van der Waals surface area (Å²) in [5.74, 6) is 0. The molecule has 0 aromatic carbocycles. The second-order valence-corrected chi connectivity index (χ2v) is 2.42. The predicted octanol–water partition coefficient (Wildman–Crippen LogP) is 0.311. The van der Waals surface area contributed by atoms with Gasteiger partial charge in [-0.2, -0.15) is 0 Å². The number of hydrogen-bond donors (Lipinski definition) is 0. The molecule has 0 saturated carbocycles. The van der Waals surface area contributed by atoms with Crippen molar-refractivity contribution in [2.45, 2.75) is 18.6 Å². The van der Waals surface area contributed by atoms with Gasteiger partial charge in [0, 0.05) is 6.42 Å². The lowest BCUT2D eigenvalue weighted by Gasteiger charge is -2.19. The standard InChI is InChI=1S/C6H8O4/c7-6-8-2-1-4(10-6)5-3-9-5/h4-5H,1-3H2. The van der Waals surface area contributed by atoms with E-state index in [4.69, 9.17) is 9.47 Å². The van der Waals surface area contributed by atoms with Crippen molar-refractivity contribution in [1.29, 1.82) is 0 Å². The van der Waals surface area contributed by atoms with Gasteiger partial charge in [0.15, 0.2) is 0 Å². The van der Waals surface area contributed by atoms with Crippen LogP contribution in [-0.4, -0.2) is 31.6 Å². The van der Waals surface area contributed by atoms with Gasteiger partial charge in [0.2, 0.25) is 0 Å². The molecule has 0 spiro atoms. The second kappa shape index (κ2) is 2.12. The third-order valence-corrected chi connectivity index (χ3v) is 1.64. The molecule has 2 aliphatic rings. The summed E-state index contributed by atoms with van der Waals surface area (Å²) in [6.07, 6.45) is 0.289. The summed E-state index contributed by atoms with van der Waals surface area (Å²) in [6, 6.07) is 0. The number of rotatable bonds is 1. The van der Waals surface area contributed by atoms with Gasteiger partial charge in [0.1, 0.15) is 12.2 Å². The third-order valence-electron chi connectivity index (χ3n) is 1.64. The second-order valence-electron chi connectivity index (χ2n) is 2.42. The normalized spacial score (nSPS) is 38.2. The zero-order chi connectivity index (χ0) is 6.97. The highest BCUT2D eigenvalue weighted by Gasteiger charge is 2.38. The third kappa shape index (κ3) is 1.07. The minimum atomic E-state index is -0.563. The van der Waals surface area contributed by atoms with Crippen LogP contribution in [-0.2, 0) is 14.2 Å². The first-order valence-corrected chi connectivity index (χ1v) is 3.31. The van der Waals surface area contributed by atoms with Crippen LogP contribution >= 0.6 is 0 Å². The number of carbonyl (C=O) groups excluding carboxylic acids is 1. The van der Waals surface area contributed by atoms with E-state index in [0.29, 0.717) is 6.61 Å². The number of ether oxygens (including phenoxy) is 3. The molecule has 4 nitrogen and oxygen atoms in total. The van der Waals surface area contributed by atoms with Gasteiger partial charge in [-0.15, -0.1) is 0 Å². The van der Waals surface area contributed by atoms with Crippen molar-refractivity contribution in [2.75, 3.05) is 13.2 Å². The fourth-order valence-electron chi connectivity index (χ4n) is 1.01. The molecule has 0 aliphatic carbocycles. The molecule has 10 heavy (non-hydrogen) atoms. The summed E-state index contributed by atoms with van der Waals surface area (Å²) in [7, 11) is 0. The largest absolute Gasteiger partial charge is 0.508 e. The highest BCUT2D eigenvalue weighted by Crippen LogP contribution is 2.22. The summed E-state index contributed by atoms with van der Waals surface area (Å²) >= 11 is 0. The predicted molar refractivity (Wildman–Crippen MR) is 30.6 cm³/mol. The van der Waals surface area contributed by atoms with Crippen LogP contribution in [0.2, 0.25) is 0 Å². The molecular formula is C6H8O4. The molecule has 2 aliphatic heterocycles. The molecule has 2 unspecified atom stereocenters. The SMILES string of the molecule is O=C1OCCC(C2CO2)O1. The summed E-state index contributed by atoms with van der Waals surface area (Å²) in [5.41, 5.74) is 0. The van der Waals surface area contributed by atoms with Crippen molar-refractivity contribution in [3.05, 3.63) is 0 Å². The summed E-state index contributed by atoms with van der Waals surface area (Å²) in [5, 5.41) is 0. The maximum absolute atomic E-state index is 10.5. The number of cyclic esters (lactones) is 2. The van der Waals surface area contributed by atoms with Crippen LogP contribution < -0.4 is 0 Å². The average Bonchev–Trinajstić information content (AvgIpc) is 2.68. The van der Waals surface area contributed by atoms with Gasteiger partial charge in [0.05, 0.1) is 13.2 Å². The Bertz CT molecular complexity index is 152. The molecule has 0 bridgehead atoms. The van der Waals surface area contributed by atoms with E-state index in [0.717, 1.165) is 13.0 Å². The fraction of sp³-hybridized carbons (Fsp3) is 0.833. The molecule has 0 aromatic rings. The van der Waals surface area contributed by atoms with E-state index < -0.39 is 6.16 Å². The Morgan fingerprint density at radius 1 is 1.40 bits per heavy atom. The minimum absolute atomic E-state index is 0.0544. The van der Waals surface area contributed by atoms with Gasteiger partial charge < -0.3 is 14.2 Å². The molecule has 2 heterocycles. The first-order valence-electron chi connectivity index (χ1n) is 3.31. The molecule has 0 amide bonds. The van der Waals surface area contributed by atoms with Gasteiger partial charge >= 0.3 is 6.16 Å². The van der Waals surface area contributed by atoms with E-state index >= 15 is 0 Å². The van der Waals surface area contributed by atoms with Crippen LogP contribution in [0.4, 0.5) is 4.79 Å². The topological polar surface area (TPSA) is 48.1 Å². The lowest BCUT2D eigenvalue weighted by Crippen LogP contribution is -2.31.